The van der Waals surface area contributed by atoms with E-state index in [1.54, 1.807) is 12.1 Å². The average Bonchev–Trinajstić information content (AvgIpc) is 2.52. The number of amides is 1. The van der Waals surface area contributed by atoms with Gasteiger partial charge in [0.1, 0.15) is 5.82 Å². The molecule has 0 bridgehead atoms. The second kappa shape index (κ2) is 7.54. The van der Waals surface area contributed by atoms with E-state index in [1.165, 1.54) is 11.1 Å². The van der Waals surface area contributed by atoms with Crippen molar-refractivity contribution in [2.45, 2.75) is 27.3 Å². The molecule has 0 atom stereocenters. The maximum absolute atomic E-state index is 11.8. The summed E-state index contributed by atoms with van der Waals surface area (Å²) < 4.78 is 0. The smallest absolute Gasteiger partial charge is 0.271 e. The third kappa shape index (κ3) is 4.84. The first kappa shape index (κ1) is 15.9. The minimum atomic E-state index is -0.189. The van der Waals surface area contributed by atoms with Crippen LogP contribution in [-0.4, -0.2) is 22.6 Å². The number of carbonyl (C=O) groups is 1. The number of anilines is 1. The van der Waals surface area contributed by atoms with Gasteiger partial charge in [-0.15, -0.1) is 10.2 Å². The molecule has 0 unspecified atom stereocenters. The highest BCUT2D eigenvalue weighted by Crippen LogP contribution is 2.07. The van der Waals surface area contributed by atoms with Gasteiger partial charge in [0.05, 0.1) is 0 Å². The Morgan fingerprint density at radius 2 is 1.82 bits per heavy atom. The summed E-state index contributed by atoms with van der Waals surface area (Å²) in [6, 6.07) is 11.7. The van der Waals surface area contributed by atoms with E-state index in [-0.39, 0.29) is 5.91 Å². The van der Waals surface area contributed by atoms with Crippen molar-refractivity contribution >= 4 is 11.7 Å². The first-order valence-electron chi connectivity index (χ1n) is 7.46. The van der Waals surface area contributed by atoms with Gasteiger partial charge in [-0.1, -0.05) is 43.7 Å². The van der Waals surface area contributed by atoms with Crippen molar-refractivity contribution in [2.75, 3.05) is 11.9 Å². The fourth-order valence-electron chi connectivity index (χ4n) is 1.83. The minimum Gasteiger partial charge on any atom is -0.365 e. The number of benzene rings is 1. The average molecular weight is 298 g/mol. The van der Waals surface area contributed by atoms with Crippen LogP contribution in [0.2, 0.25) is 0 Å². The summed E-state index contributed by atoms with van der Waals surface area (Å²) in [7, 11) is 0. The van der Waals surface area contributed by atoms with Crippen LogP contribution in [0, 0.1) is 12.8 Å². The molecular formula is C17H22N4O. The van der Waals surface area contributed by atoms with Crippen LogP contribution >= 0.6 is 0 Å². The highest BCUT2D eigenvalue weighted by Gasteiger charge is 2.08. The summed E-state index contributed by atoms with van der Waals surface area (Å²) in [5.41, 5.74) is 2.74. The number of hydrogen-bond donors (Lipinski definition) is 2. The number of carbonyl (C=O) groups excluding carboxylic acids is 1. The Kier molecular flexibility index (Phi) is 5.47. The number of nitrogens with one attached hydrogen (secondary N) is 2. The molecule has 116 valence electrons. The summed E-state index contributed by atoms with van der Waals surface area (Å²) >= 11 is 0. The number of nitrogens with zero attached hydrogens (tertiary/aromatic N) is 2. The summed E-state index contributed by atoms with van der Waals surface area (Å²) in [6.07, 6.45) is 0. The number of aryl methyl sites for hydroxylation is 1. The van der Waals surface area contributed by atoms with Crippen molar-refractivity contribution in [1.82, 2.24) is 15.5 Å². The molecule has 2 aromatic rings. The van der Waals surface area contributed by atoms with Crippen LogP contribution in [0.15, 0.2) is 36.4 Å². The summed E-state index contributed by atoms with van der Waals surface area (Å²) in [5, 5.41) is 14.0. The zero-order chi connectivity index (χ0) is 15.9. The third-order valence-electron chi connectivity index (χ3n) is 3.16. The number of hydrogen-bond acceptors (Lipinski definition) is 4. The van der Waals surface area contributed by atoms with Gasteiger partial charge in [-0.05, 0) is 30.5 Å². The molecule has 1 aromatic carbocycles. The first-order valence-corrected chi connectivity index (χ1v) is 7.46. The lowest BCUT2D eigenvalue weighted by atomic mass is 10.1. The maximum atomic E-state index is 11.8. The van der Waals surface area contributed by atoms with Gasteiger partial charge in [-0.2, -0.15) is 0 Å². The van der Waals surface area contributed by atoms with Gasteiger partial charge in [0.25, 0.3) is 5.91 Å². The molecule has 0 saturated carbocycles. The fourth-order valence-corrected chi connectivity index (χ4v) is 1.83. The highest BCUT2D eigenvalue weighted by molar-refractivity contribution is 5.92. The zero-order valence-corrected chi connectivity index (χ0v) is 13.3. The monoisotopic (exact) mass is 298 g/mol. The Hall–Kier alpha value is -2.43. The van der Waals surface area contributed by atoms with E-state index in [1.807, 2.05) is 13.8 Å². The lowest BCUT2D eigenvalue weighted by Gasteiger charge is -2.08. The topological polar surface area (TPSA) is 66.9 Å². The standard InChI is InChI=1S/C17H22N4O/c1-12(2)10-19-17(22)15-8-9-16(21-20-15)18-11-14-6-4-13(3)5-7-14/h4-9,12H,10-11H2,1-3H3,(H,18,21)(H,19,22). The van der Waals surface area contributed by atoms with E-state index in [0.29, 0.717) is 30.5 Å². The molecule has 0 radical (unpaired) electrons. The molecule has 22 heavy (non-hydrogen) atoms. The lowest BCUT2D eigenvalue weighted by Crippen LogP contribution is -2.28. The van der Waals surface area contributed by atoms with Crippen molar-refractivity contribution in [3.05, 3.63) is 53.2 Å². The molecule has 0 aliphatic rings. The van der Waals surface area contributed by atoms with E-state index in [0.717, 1.165) is 0 Å². The molecular weight excluding hydrogens is 276 g/mol. The van der Waals surface area contributed by atoms with Crippen LogP contribution in [0.25, 0.3) is 0 Å². The molecule has 1 aromatic heterocycles. The van der Waals surface area contributed by atoms with Crippen LogP contribution in [0.5, 0.6) is 0 Å². The molecule has 1 heterocycles. The Labute approximate surface area is 131 Å². The molecule has 2 rings (SSSR count). The van der Waals surface area contributed by atoms with Gasteiger partial charge in [-0.3, -0.25) is 4.79 Å². The largest absolute Gasteiger partial charge is 0.365 e. The second-order valence-corrected chi connectivity index (χ2v) is 5.75. The second-order valence-electron chi connectivity index (χ2n) is 5.75. The first-order chi connectivity index (χ1) is 10.5. The quantitative estimate of drug-likeness (QED) is 0.860. The lowest BCUT2D eigenvalue weighted by molar-refractivity contribution is 0.0943. The van der Waals surface area contributed by atoms with Gasteiger partial charge in [0.15, 0.2) is 5.69 Å². The van der Waals surface area contributed by atoms with Crippen LogP contribution in [0.3, 0.4) is 0 Å². The normalized spacial score (nSPS) is 10.5. The molecule has 2 N–H and O–H groups in total. The number of rotatable bonds is 6. The van der Waals surface area contributed by atoms with Crippen molar-refractivity contribution in [3.63, 3.8) is 0 Å². The van der Waals surface area contributed by atoms with Gasteiger partial charge in [0.2, 0.25) is 0 Å². The predicted molar refractivity (Wildman–Crippen MR) is 87.7 cm³/mol. The molecule has 0 aliphatic heterocycles. The molecule has 5 heteroatoms. The Morgan fingerprint density at radius 3 is 2.41 bits per heavy atom. The molecule has 0 fully saturated rings. The Balaban J connectivity index is 1.88. The third-order valence-corrected chi connectivity index (χ3v) is 3.16. The van der Waals surface area contributed by atoms with E-state index in [9.17, 15) is 4.79 Å². The molecule has 0 saturated heterocycles. The van der Waals surface area contributed by atoms with E-state index in [2.05, 4.69) is 52.0 Å². The molecule has 0 aliphatic carbocycles. The van der Waals surface area contributed by atoms with Gasteiger partial charge >= 0.3 is 0 Å². The van der Waals surface area contributed by atoms with Gasteiger partial charge in [-0.25, -0.2) is 0 Å². The van der Waals surface area contributed by atoms with Crippen molar-refractivity contribution in [1.29, 1.82) is 0 Å². The van der Waals surface area contributed by atoms with Crippen LogP contribution < -0.4 is 10.6 Å². The summed E-state index contributed by atoms with van der Waals surface area (Å²) in [5.74, 6) is 0.875. The van der Waals surface area contributed by atoms with E-state index >= 15 is 0 Å². The molecule has 1 amide bonds. The predicted octanol–water partition coefficient (Wildman–Crippen LogP) is 2.78. The maximum Gasteiger partial charge on any atom is 0.271 e. The Bertz CT molecular complexity index is 606. The number of aromatic nitrogens is 2. The molecule has 0 spiro atoms. The molecule has 5 nitrogen and oxygen atoms in total. The highest BCUT2D eigenvalue weighted by atomic mass is 16.1. The fraction of sp³-hybridized carbons (Fsp3) is 0.353. The van der Waals surface area contributed by atoms with Crippen molar-refractivity contribution in [2.24, 2.45) is 5.92 Å². The van der Waals surface area contributed by atoms with Gasteiger partial charge in [0, 0.05) is 13.1 Å². The zero-order valence-electron chi connectivity index (χ0n) is 13.3. The van der Waals surface area contributed by atoms with Crippen LogP contribution in [0.1, 0.15) is 35.5 Å². The van der Waals surface area contributed by atoms with Gasteiger partial charge < -0.3 is 10.6 Å². The van der Waals surface area contributed by atoms with Crippen LogP contribution in [0.4, 0.5) is 5.82 Å². The van der Waals surface area contributed by atoms with Crippen LogP contribution in [-0.2, 0) is 6.54 Å². The summed E-state index contributed by atoms with van der Waals surface area (Å²) in [6.45, 7) is 7.46. The summed E-state index contributed by atoms with van der Waals surface area (Å²) in [4.78, 5) is 11.8. The van der Waals surface area contributed by atoms with Crippen molar-refractivity contribution in [3.8, 4) is 0 Å². The van der Waals surface area contributed by atoms with E-state index in [4.69, 9.17) is 0 Å². The Morgan fingerprint density at radius 1 is 1.09 bits per heavy atom. The van der Waals surface area contributed by atoms with E-state index < -0.39 is 0 Å². The SMILES string of the molecule is Cc1ccc(CNc2ccc(C(=O)NCC(C)C)nn2)cc1. The minimum absolute atomic E-state index is 0.189. The van der Waals surface area contributed by atoms with Crippen molar-refractivity contribution < 1.29 is 4.79 Å².